The van der Waals surface area contributed by atoms with E-state index in [4.69, 9.17) is 19.3 Å². The molecule has 2 heterocycles. The van der Waals surface area contributed by atoms with Crippen LogP contribution in [0, 0.1) is 0 Å². The van der Waals surface area contributed by atoms with Crippen molar-refractivity contribution in [2.45, 2.75) is 0 Å². The quantitative estimate of drug-likeness (QED) is 0.398. The number of benzene rings is 2. The molecule has 8 heteroatoms. The fourth-order valence-corrected chi connectivity index (χ4v) is 3.96. The second-order valence-electron chi connectivity index (χ2n) is 6.24. The van der Waals surface area contributed by atoms with Crippen molar-refractivity contribution in [2.24, 2.45) is 10.1 Å². The van der Waals surface area contributed by atoms with Gasteiger partial charge in [-0.25, -0.2) is 4.68 Å². The van der Waals surface area contributed by atoms with Gasteiger partial charge in [-0.05, 0) is 35.9 Å². The van der Waals surface area contributed by atoms with E-state index in [1.807, 2.05) is 41.2 Å². The second kappa shape index (κ2) is 9.39. The van der Waals surface area contributed by atoms with E-state index in [-0.39, 0.29) is 0 Å². The van der Waals surface area contributed by atoms with Crippen LogP contribution in [-0.4, -0.2) is 44.4 Å². The lowest BCUT2D eigenvalue weighted by atomic mass is 10.2. The first-order valence-electron chi connectivity index (χ1n) is 9.14. The number of hydrogen-bond donors (Lipinski definition) is 0. The number of thiazole rings is 1. The summed E-state index contributed by atoms with van der Waals surface area (Å²) in [6.45, 7) is 2.28. The first-order valence-corrected chi connectivity index (χ1v) is 10.8. The summed E-state index contributed by atoms with van der Waals surface area (Å²) in [6, 6.07) is 14.0. The van der Waals surface area contributed by atoms with Crippen molar-refractivity contribution in [2.75, 3.05) is 33.5 Å². The van der Waals surface area contributed by atoms with Crippen LogP contribution in [0.1, 0.15) is 5.56 Å². The molecular weight excluding hydrogens is 454 g/mol. The lowest BCUT2D eigenvalue weighted by molar-refractivity contribution is 0.171. The zero-order valence-corrected chi connectivity index (χ0v) is 18.3. The Bertz CT molecular complexity index is 1070. The van der Waals surface area contributed by atoms with Crippen molar-refractivity contribution in [3.63, 3.8) is 0 Å². The van der Waals surface area contributed by atoms with Crippen molar-refractivity contribution < 1.29 is 14.2 Å². The summed E-state index contributed by atoms with van der Waals surface area (Å²) >= 11 is 5.04. The average molecular weight is 474 g/mol. The summed E-state index contributed by atoms with van der Waals surface area (Å²) in [5.74, 6) is 1.51. The summed E-state index contributed by atoms with van der Waals surface area (Å²) in [5, 5.41) is 6.79. The highest BCUT2D eigenvalue weighted by molar-refractivity contribution is 9.10. The Morgan fingerprint density at radius 2 is 1.93 bits per heavy atom. The van der Waals surface area contributed by atoms with Crippen LogP contribution in [0.15, 0.2) is 62.4 Å². The fraction of sp³-hybridized carbons (Fsp3) is 0.238. The van der Waals surface area contributed by atoms with E-state index in [1.165, 1.54) is 0 Å². The minimum atomic E-state index is 0.559. The standard InChI is InChI=1S/C21H20BrN3O3S/c1-26-9-8-23-21-25(18(14-29-21)16-3-5-17(22)6-4-16)24-13-15-2-7-19-20(12-15)28-11-10-27-19/h2-7,12-14H,8-11H2,1H3. The number of hydrogen-bond acceptors (Lipinski definition) is 6. The maximum atomic E-state index is 5.67. The molecule has 4 rings (SSSR count). The molecule has 0 fully saturated rings. The average Bonchev–Trinajstić information content (AvgIpc) is 3.15. The molecule has 0 spiro atoms. The van der Waals surface area contributed by atoms with Gasteiger partial charge in [0.05, 0.1) is 25.1 Å². The molecule has 0 unspecified atom stereocenters. The highest BCUT2D eigenvalue weighted by Gasteiger charge is 2.11. The molecule has 2 aromatic carbocycles. The Labute approximate surface area is 181 Å². The van der Waals surface area contributed by atoms with Crippen LogP contribution in [0.25, 0.3) is 11.3 Å². The summed E-state index contributed by atoms with van der Waals surface area (Å²) in [7, 11) is 1.67. The molecular formula is C21H20BrN3O3S. The Kier molecular flexibility index (Phi) is 6.43. The molecule has 6 nitrogen and oxygen atoms in total. The monoisotopic (exact) mass is 473 g/mol. The highest BCUT2D eigenvalue weighted by Crippen LogP contribution is 2.30. The van der Waals surface area contributed by atoms with Gasteiger partial charge >= 0.3 is 0 Å². The molecule has 0 bridgehead atoms. The van der Waals surface area contributed by atoms with Gasteiger partial charge in [0.1, 0.15) is 13.2 Å². The maximum Gasteiger partial charge on any atom is 0.206 e. The molecule has 0 amide bonds. The fourth-order valence-electron chi connectivity index (χ4n) is 2.84. The van der Waals surface area contributed by atoms with Gasteiger partial charge in [-0.3, -0.25) is 4.99 Å². The number of aromatic nitrogens is 1. The molecule has 29 heavy (non-hydrogen) atoms. The van der Waals surface area contributed by atoms with E-state index in [0.29, 0.717) is 26.4 Å². The van der Waals surface area contributed by atoms with Crippen LogP contribution in [-0.2, 0) is 4.74 Å². The Balaban J connectivity index is 1.70. The highest BCUT2D eigenvalue weighted by atomic mass is 79.9. The predicted molar refractivity (Wildman–Crippen MR) is 118 cm³/mol. The third-order valence-corrected chi connectivity index (χ3v) is 5.64. The van der Waals surface area contributed by atoms with Crippen molar-refractivity contribution >= 4 is 33.5 Å². The molecule has 0 radical (unpaired) electrons. The van der Waals surface area contributed by atoms with Gasteiger partial charge in [0, 0.05) is 22.5 Å². The van der Waals surface area contributed by atoms with Crippen LogP contribution in [0.3, 0.4) is 0 Å². The molecule has 1 aliphatic rings. The van der Waals surface area contributed by atoms with Gasteiger partial charge in [-0.15, -0.1) is 11.3 Å². The van der Waals surface area contributed by atoms with E-state index < -0.39 is 0 Å². The third-order valence-electron chi connectivity index (χ3n) is 4.26. The van der Waals surface area contributed by atoms with Crippen molar-refractivity contribution in [3.05, 3.63) is 62.7 Å². The van der Waals surface area contributed by atoms with E-state index in [1.54, 1.807) is 18.4 Å². The summed E-state index contributed by atoms with van der Waals surface area (Å²) in [6.07, 6.45) is 1.81. The van der Waals surface area contributed by atoms with Gasteiger partial charge in [-0.1, -0.05) is 28.1 Å². The summed E-state index contributed by atoms with van der Waals surface area (Å²) in [4.78, 5) is 5.44. The smallest absolute Gasteiger partial charge is 0.206 e. The number of rotatable bonds is 6. The minimum absolute atomic E-state index is 0.559. The van der Waals surface area contributed by atoms with Crippen LogP contribution in [0.2, 0.25) is 0 Å². The number of ether oxygens (including phenoxy) is 3. The minimum Gasteiger partial charge on any atom is -0.486 e. The second-order valence-corrected chi connectivity index (χ2v) is 8.00. The summed E-state index contributed by atoms with van der Waals surface area (Å²) < 4.78 is 19.3. The predicted octanol–water partition coefficient (Wildman–Crippen LogP) is 4.18. The number of methoxy groups -OCH3 is 1. The number of nitrogens with zero attached hydrogens (tertiary/aromatic N) is 3. The Morgan fingerprint density at radius 3 is 2.72 bits per heavy atom. The van der Waals surface area contributed by atoms with E-state index in [9.17, 15) is 0 Å². The molecule has 0 atom stereocenters. The molecule has 1 aliphatic heterocycles. The molecule has 0 N–H and O–H groups in total. The van der Waals surface area contributed by atoms with E-state index >= 15 is 0 Å². The zero-order chi connectivity index (χ0) is 20.1. The van der Waals surface area contributed by atoms with Gasteiger partial charge in [0.2, 0.25) is 4.80 Å². The molecule has 0 saturated carbocycles. The van der Waals surface area contributed by atoms with Crippen LogP contribution in [0.5, 0.6) is 11.5 Å². The molecule has 3 aromatic rings. The molecule has 0 aliphatic carbocycles. The van der Waals surface area contributed by atoms with Crippen LogP contribution in [0.4, 0.5) is 0 Å². The topological polar surface area (TPSA) is 57.3 Å². The molecule has 0 saturated heterocycles. The normalized spacial score (nSPS) is 13.9. The van der Waals surface area contributed by atoms with Gasteiger partial charge in [-0.2, -0.15) is 5.10 Å². The van der Waals surface area contributed by atoms with Crippen molar-refractivity contribution in [3.8, 4) is 22.8 Å². The third kappa shape index (κ3) is 4.77. The Morgan fingerprint density at radius 1 is 1.14 bits per heavy atom. The van der Waals surface area contributed by atoms with Crippen LogP contribution < -0.4 is 14.3 Å². The largest absolute Gasteiger partial charge is 0.486 e. The molecule has 1 aromatic heterocycles. The lowest BCUT2D eigenvalue weighted by Gasteiger charge is -2.18. The van der Waals surface area contributed by atoms with Crippen molar-refractivity contribution in [1.82, 2.24) is 4.68 Å². The Hall–Kier alpha value is -2.42. The molecule has 150 valence electrons. The first kappa shape index (κ1) is 19.9. The van der Waals surface area contributed by atoms with Crippen molar-refractivity contribution in [1.29, 1.82) is 0 Å². The summed E-state index contributed by atoms with van der Waals surface area (Å²) in [5.41, 5.74) is 2.97. The van der Waals surface area contributed by atoms with Gasteiger partial charge < -0.3 is 14.2 Å². The maximum absolute atomic E-state index is 5.67. The van der Waals surface area contributed by atoms with Crippen LogP contribution >= 0.6 is 27.3 Å². The van der Waals surface area contributed by atoms with Gasteiger partial charge in [0.15, 0.2) is 11.5 Å². The van der Waals surface area contributed by atoms with E-state index in [0.717, 1.165) is 37.6 Å². The number of halogens is 1. The van der Waals surface area contributed by atoms with E-state index in [2.05, 4.69) is 38.4 Å². The number of fused-ring (bicyclic) bond motifs is 1. The zero-order valence-electron chi connectivity index (χ0n) is 15.9. The SMILES string of the molecule is COCCN=c1scc(-c2ccc(Br)cc2)n1N=Cc1ccc2c(c1)OCCO2. The lowest BCUT2D eigenvalue weighted by Crippen LogP contribution is -2.15. The van der Waals surface area contributed by atoms with Gasteiger partial charge in [0.25, 0.3) is 0 Å². The first-order chi connectivity index (χ1) is 14.2.